The van der Waals surface area contributed by atoms with Gasteiger partial charge in [-0.3, -0.25) is 0 Å². The Bertz CT molecular complexity index is 419. The van der Waals surface area contributed by atoms with Gasteiger partial charge in [0.05, 0.1) is 6.61 Å². The van der Waals surface area contributed by atoms with Crippen LogP contribution in [0.3, 0.4) is 0 Å². The molecular weight excluding hydrogens is 250 g/mol. The summed E-state index contributed by atoms with van der Waals surface area (Å²) in [5.41, 5.74) is 7.37. The van der Waals surface area contributed by atoms with Gasteiger partial charge in [0.25, 0.3) is 0 Å². The quantitative estimate of drug-likeness (QED) is 0.897. The second-order valence-electron chi connectivity index (χ2n) is 6.22. The number of hydrogen-bond acceptors (Lipinski definition) is 3. The smallest absolute Gasteiger partial charge is 0.120 e. The first-order valence-corrected chi connectivity index (χ1v) is 7.60. The maximum absolute atomic E-state index is 6.24. The predicted octanol–water partition coefficient (Wildman–Crippen LogP) is 3.36. The molecule has 0 aromatic heterocycles. The van der Waals surface area contributed by atoms with Crippen molar-refractivity contribution < 1.29 is 9.47 Å². The molecule has 3 heteroatoms. The number of rotatable bonds is 5. The molecule has 3 unspecified atom stereocenters. The zero-order valence-electron chi connectivity index (χ0n) is 12.8. The Balaban J connectivity index is 2.01. The van der Waals surface area contributed by atoms with Crippen molar-refractivity contribution in [3.05, 3.63) is 29.8 Å². The molecule has 0 heterocycles. The second kappa shape index (κ2) is 7.09. The van der Waals surface area contributed by atoms with Gasteiger partial charge in [-0.15, -0.1) is 0 Å². The molecule has 0 amide bonds. The first kappa shape index (κ1) is 15.3. The van der Waals surface area contributed by atoms with Crippen LogP contribution >= 0.6 is 0 Å². The molecule has 1 saturated carbocycles. The standard InChI is InChI=1S/C17H27NO2/c1-12(2)14-7-8-16(18)17(10-14)20-15-6-4-5-13(9-15)11-19-3/h4-6,9,12,14,16-17H,7-8,10-11,18H2,1-3H3. The zero-order valence-corrected chi connectivity index (χ0v) is 12.8. The number of methoxy groups -OCH3 is 1. The topological polar surface area (TPSA) is 44.5 Å². The van der Waals surface area contributed by atoms with Gasteiger partial charge in [0.2, 0.25) is 0 Å². The van der Waals surface area contributed by atoms with Crippen molar-refractivity contribution >= 4 is 0 Å². The van der Waals surface area contributed by atoms with Crippen LogP contribution < -0.4 is 10.5 Å². The van der Waals surface area contributed by atoms with Crippen LogP contribution in [0.15, 0.2) is 24.3 Å². The van der Waals surface area contributed by atoms with Crippen molar-refractivity contribution in [3.63, 3.8) is 0 Å². The lowest BCUT2D eigenvalue weighted by Crippen LogP contribution is -2.44. The molecule has 0 aliphatic heterocycles. The van der Waals surface area contributed by atoms with Crippen molar-refractivity contribution in [2.24, 2.45) is 17.6 Å². The van der Waals surface area contributed by atoms with Gasteiger partial charge in [0.1, 0.15) is 11.9 Å². The minimum absolute atomic E-state index is 0.133. The van der Waals surface area contributed by atoms with Crippen molar-refractivity contribution in [1.29, 1.82) is 0 Å². The Kier molecular flexibility index (Phi) is 5.44. The maximum atomic E-state index is 6.24. The molecule has 0 spiro atoms. The lowest BCUT2D eigenvalue weighted by atomic mass is 9.78. The van der Waals surface area contributed by atoms with E-state index >= 15 is 0 Å². The van der Waals surface area contributed by atoms with E-state index in [4.69, 9.17) is 15.2 Å². The van der Waals surface area contributed by atoms with Gasteiger partial charge in [0, 0.05) is 13.2 Å². The first-order valence-electron chi connectivity index (χ1n) is 7.60. The fourth-order valence-electron chi connectivity index (χ4n) is 2.97. The van der Waals surface area contributed by atoms with E-state index in [-0.39, 0.29) is 12.1 Å². The van der Waals surface area contributed by atoms with Crippen molar-refractivity contribution in [2.45, 2.75) is 51.9 Å². The summed E-state index contributed by atoms with van der Waals surface area (Å²) in [6.07, 6.45) is 3.48. The molecule has 1 aromatic rings. The number of hydrogen-bond donors (Lipinski definition) is 1. The van der Waals surface area contributed by atoms with Gasteiger partial charge in [-0.2, -0.15) is 0 Å². The molecule has 2 rings (SSSR count). The average molecular weight is 277 g/mol. The summed E-state index contributed by atoms with van der Waals surface area (Å²) in [6.45, 7) is 5.19. The molecule has 3 nitrogen and oxygen atoms in total. The third kappa shape index (κ3) is 3.97. The van der Waals surface area contributed by atoms with Crippen LogP contribution in [0.4, 0.5) is 0 Å². The summed E-state index contributed by atoms with van der Waals surface area (Å²) >= 11 is 0. The Morgan fingerprint density at radius 2 is 2.10 bits per heavy atom. The van der Waals surface area contributed by atoms with Crippen LogP contribution in [-0.4, -0.2) is 19.3 Å². The van der Waals surface area contributed by atoms with Crippen LogP contribution in [0.5, 0.6) is 5.75 Å². The Morgan fingerprint density at radius 3 is 2.80 bits per heavy atom. The van der Waals surface area contributed by atoms with Crippen LogP contribution in [0, 0.1) is 11.8 Å². The summed E-state index contributed by atoms with van der Waals surface area (Å²) in [6, 6.07) is 8.27. The third-order valence-corrected chi connectivity index (χ3v) is 4.32. The highest BCUT2D eigenvalue weighted by Gasteiger charge is 2.31. The average Bonchev–Trinajstić information content (AvgIpc) is 2.42. The molecule has 112 valence electrons. The highest BCUT2D eigenvalue weighted by atomic mass is 16.5. The lowest BCUT2D eigenvalue weighted by molar-refractivity contribution is 0.0865. The minimum Gasteiger partial charge on any atom is -0.489 e. The Morgan fingerprint density at radius 1 is 1.30 bits per heavy atom. The van der Waals surface area contributed by atoms with Crippen molar-refractivity contribution in [3.8, 4) is 5.75 Å². The summed E-state index contributed by atoms with van der Waals surface area (Å²) in [5, 5.41) is 0. The van der Waals surface area contributed by atoms with Crippen molar-refractivity contribution in [1.82, 2.24) is 0 Å². The number of nitrogens with two attached hydrogens (primary N) is 1. The van der Waals surface area contributed by atoms with Crippen LogP contribution in [-0.2, 0) is 11.3 Å². The molecule has 2 N–H and O–H groups in total. The van der Waals surface area contributed by atoms with Crippen LogP contribution in [0.1, 0.15) is 38.7 Å². The number of benzene rings is 1. The van der Waals surface area contributed by atoms with Gasteiger partial charge in [-0.05, 0) is 48.8 Å². The molecule has 1 aliphatic carbocycles. The summed E-state index contributed by atoms with van der Waals surface area (Å²) in [5.74, 6) is 2.33. The van der Waals surface area contributed by atoms with Gasteiger partial charge >= 0.3 is 0 Å². The van der Waals surface area contributed by atoms with Crippen LogP contribution in [0.25, 0.3) is 0 Å². The third-order valence-electron chi connectivity index (χ3n) is 4.32. The van der Waals surface area contributed by atoms with E-state index in [2.05, 4.69) is 19.9 Å². The highest BCUT2D eigenvalue weighted by molar-refractivity contribution is 5.28. The molecule has 1 fully saturated rings. The predicted molar refractivity (Wildman–Crippen MR) is 81.7 cm³/mol. The first-order chi connectivity index (χ1) is 9.60. The zero-order chi connectivity index (χ0) is 14.5. The van der Waals surface area contributed by atoms with E-state index in [1.807, 2.05) is 18.2 Å². The largest absolute Gasteiger partial charge is 0.489 e. The Hall–Kier alpha value is -1.06. The molecule has 0 bridgehead atoms. The normalized spacial score (nSPS) is 26.8. The van der Waals surface area contributed by atoms with E-state index in [1.54, 1.807) is 7.11 Å². The minimum atomic E-state index is 0.133. The number of ether oxygens (including phenoxy) is 2. The fraction of sp³-hybridized carbons (Fsp3) is 0.647. The fourth-order valence-corrected chi connectivity index (χ4v) is 2.97. The van der Waals surface area contributed by atoms with E-state index in [1.165, 1.54) is 6.42 Å². The van der Waals surface area contributed by atoms with Gasteiger partial charge < -0.3 is 15.2 Å². The molecule has 3 atom stereocenters. The molecule has 0 radical (unpaired) electrons. The summed E-state index contributed by atoms with van der Waals surface area (Å²) in [7, 11) is 1.71. The van der Waals surface area contributed by atoms with Crippen molar-refractivity contribution in [2.75, 3.05) is 7.11 Å². The molecule has 1 aliphatic rings. The molecule has 20 heavy (non-hydrogen) atoms. The maximum Gasteiger partial charge on any atom is 0.120 e. The second-order valence-corrected chi connectivity index (χ2v) is 6.22. The van der Waals surface area contributed by atoms with Gasteiger partial charge in [0.15, 0.2) is 0 Å². The monoisotopic (exact) mass is 277 g/mol. The molecule has 1 aromatic carbocycles. The highest BCUT2D eigenvalue weighted by Crippen LogP contribution is 2.32. The Labute approximate surface area is 122 Å². The van der Waals surface area contributed by atoms with E-state index in [9.17, 15) is 0 Å². The summed E-state index contributed by atoms with van der Waals surface area (Å²) in [4.78, 5) is 0. The van der Waals surface area contributed by atoms with E-state index in [0.29, 0.717) is 12.5 Å². The van der Waals surface area contributed by atoms with Gasteiger partial charge in [-0.1, -0.05) is 26.0 Å². The van der Waals surface area contributed by atoms with E-state index in [0.717, 1.165) is 30.1 Å². The lowest BCUT2D eigenvalue weighted by Gasteiger charge is -2.36. The SMILES string of the molecule is COCc1cccc(OC2CC(C(C)C)CCC2N)c1. The van der Waals surface area contributed by atoms with E-state index < -0.39 is 0 Å². The summed E-state index contributed by atoms with van der Waals surface area (Å²) < 4.78 is 11.3. The van der Waals surface area contributed by atoms with Crippen LogP contribution in [0.2, 0.25) is 0 Å². The van der Waals surface area contributed by atoms with Gasteiger partial charge in [-0.25, -0.2) is 0 Å². The molecular formula is C17H27NO2. The molecule has 0 saturated heterocycles.